The van der Waals surface area contributed by atoms with E-state index in [1.54, 1.807) is 0 Å². The highest BCUT2D eigenvalue weighted by Crippen LogP contribution is 2.72. The van der Waals surface area contributed by atoms with Gasteiger partial charge in [0.15, 0.2) is 5.78 Å². The number of hydrogen-bond acceptors (Lipinski definition) is 8. The number of carbonyl (C=O) groups excluding carboxylic acids is 4. The van der Waals surface area contributed by atoms with Gasteiger partial charge in [-0.1, -0.05) is 27.4 Å². The zero-order valence-corrected chi connectivity index (χ0v) is 20.9. The molecule has 0 aliphatic heterocycles. The number of ether oxygens (including phenoxy) is 3. The van der Waals surface area contributed by atoms with Crippen molar-refractivity contribution in [1.29, 1.82) is 0 Å². The van der Waals surface area contributed by atoms with E-state index in [2.05, 4.69) is 6.58 Å². The number of hydrogen-bond donors (Lipinski definition) is 1. The lowest BCUT2D eigenvalue weighted by Crippen LogP contribution is -2.72. The van der Waals surface area contributed by atoms with Crippen molar-refractivity contribution in [3.05, 3.63) is 12.2 Å². The molecule has 0 aromatic carbocycles. The van der Waals surface area contributed by atoms with Crippen LogP contribution in [0.3, 0.4) is 0 Å². The predicted molar refractivity (Wildman–Crippen MR) is 120 cm³/mol. The Bertz CT molecular complexity index is 952. The molecule has 1 N–H and O–H groups in total. The van der Waals surface area contributed by atoms with Crippen molar-refractivity contribution in [2.24, 2.45) is 34.0 Å². The van der Waals surface area contributed by atoms with E-state index < -0.39 is 64.5 Å². The third-order valence-electron chi connectivity index (χ3n) is 9.50. The molecule has 188 valence electrons. The van der Waals surface area contributed by atoms with Crippen LogP contribution >= 0.6 is 0 Å². The van der Waals surface area contributed by atoms with Crippen molar-refractivity contribution in [1.82, 2.24) is 0 Å². The number of esters is 3. The Hall–Kier alpha value is -2.22. The molecule has 4 aliphatic carbocycles. The van der Waals surface area contributed by atoms with Crippen LogP contribution in [0.25, 0.3) is 0 Å². The van der Waals surface area contributed by atoms with Gasteiger partial charge in [-0.2, -0.15) is 0 Å². The Morgan fingerprint density at radius 3 is 2.03 bits per heavy atom. The van der Waals surface area contributed by atoms with Gasteiger partial charge in [0.25, 0.3) is 0 Å². The van der Waals surface area contributed by atoms with Gasteiger partial charge >= 0.3 is 17.9 Å². The van der Waals surface area contributed by atoms with Gasteiger partial charge in [-0.05, 0) is 42.1 Å². The maximum absolute atomic E-state index is 13.9. The van der Waals surface area contributed by atoms with Gasteiger partial charge in [0.05, 0.1) is 11.5 Å². The molecular weight excluding hydrogens is 440 g/mol. The first-order chi connectivity index (χ1) is 15.7. The van der Waals surface area contributed by atoms with E-state index in [4.69, 9.17) is 14.2 Å². The summed E-state index contributed by atoms with van der Waals surface area (Å²) in [7, 11) is 0. The van der Waals surface area contributed by atoms with E-state index in [9.17, 15) is 24.3 Å². The van der Waals surface area contributed by atoms with Crippen LogP contribution in [-0.4, -0.2) is 53.2 Å². The summed E-state index contributed by atoms with van der Waals surface area (Å²) in [6.45, 7) is 13.9. The molecule has 9 atom stereocenters. The Labute approximate surface area is 200 Å². The highest BCUT2D eigenvalue weighted by molar-refractivity contribution is 6.04. The number of rotatable bonds is 3. The molecule has 0 aromatic heterocycles. The number of ketones is 1. The third kappa shape index (κ3) is 3.28. The maximum atomic E-state index is 13.9. The van der Waals surface area contributed by atoms with Crippen molar-refractivity contribution in [2.45, 2.75) is 91.6 Å². The van der Waals surface area contributed by atoms with Gasteiger partial charge in [0.1, 0.15) is 18.3 Å². The maximum Gasteiger partial charge on any atom is 0.302 e. The Balaban J connectivity index is 1.98. The molecule has 0 heterocycles. The molecule has 4 aliphatic rings. The van der Waals surface area contributed by atoms with Crippen molar-refractivity contribution >= 4 is 23.7 Å². The van der Waals surface area contributed by atoms with E-state index in [0.29, 0.717) is 24.8 Å². The largest absolute Gasteiger partial charge is 0.462 e. The fraction of sp³-hybridized carbons (Fsp3) is 0.769. The van der Waals surface area contributed by atoms with Crippen molar-refractivity contribution in [3.8, 4) is 0 Å². The summed E-state index contributed by atoms with van der Waals surface area (Å²) in [6.07, 6.45) is -1.47. The number of carbonyl (C=O) groups is 4. The Kier molecular flexibility index (Phi) is 5.78. The van der Waals surface area contributed by atoms with Crippen LogP contribution in [0.2, 0.25) is 0 Å². The third-order valence-corrected chi connectivity index (χ3v) is 9.50. The fourth-order valence-electron chi connectivity index (χ4n) is 8.26. The zero-order valence-electron chi connectivity index (χ0n) is 20.9. The zero-order chi connectivity index (χ0) is 25.4. The van der Waals surface area contributed by atoms with Crippen molar-refractivity contribution in [2.75, 3.05) is 0 Å². The molecule has 2 bridgehead atoms. The second kappa shape index (κ2) is 7.90. The first kappa shape index (κ1) is 24.9. The predicted octanol–water partition coefficient (Wildman–Crippen LogP) is 2.75. The average Bonchev–Trinajstić information content (AvgIpc) is 2.89. The van der Waals surface area contributed by atoms with Crippen molar-refractivity contribution < 1.29 is 38.5 Å². The number of fused-ring (bicyclic) bond motifs is 3. The molecular formula is C26H36O8. The second-order valence-corrected chi connectivity index (χ2v) is 11.6. The highest BCUT2D eigenvalue weighted by atomic mass is 16.6. The summed E-state index contributed by atoms with van der Waals surface area (Å²) in [4.78, 5) is 50.5. The van der Waals surface area contributed by atoms with Crippen LogP contribution in [0.4, 0.5) is 0 Å². The van der Waals surface area contributed by atoms with Gasteiger partial charge in [-0.15, -0.1) is 0 Å². The standard InChI is InChI=1S/C26H36O8/c1-12-16-8-17(32-13(2)27)22-25(7)18(24(5,6)19(30)10-20(25)33-14(3)28)9-21(34-15(4)29)26(22,11-16)23(12)31/h16-22,30H,1,8-11H2,2-7H3. The molecule has 34 heavy (non-hydrogen) atoms. The summed E-state index contributed by atoms with van der Waals surface area (Å²) in [5, 5.41) is 11.1. The molecule has 8 nitrogen and oxygen atoms in total. The average molecular weight is 477 g/mol. The summed E-state index contributed by atoms with van der Waals surface area (Å²) in [6, 6.07) is 0. The molecule has 0 saturated heterocycles. The van der Waals surface area contributed by atoms with Crippen LogP contribution in [0.15, 0.2) is 12.2 Å². The normalized spacial score (nSPS) is 44.5. The molecule has 4 saturated carbocycles. The van der Waals surface area contributed by atoms with Gasteiger partial charge < -0.3 is 19.3 Å². The van der Waals surface area contributed by atoms with E-state index in [0.717, 1.165) is 0 Å². The fourth-order valence-corrected chi connectivity index (χ4v) is 8.26. The lowest BCUT2D eigenvalue weighted by Gasteiger charge is -2.67. The Morgan fingerprint density at radius 2 is 1.47 bits per heavy atom. The molecule has 9 unspecified atom stereocenters. The van der Waals surface area contributed by atoms with E-state index >= 15 is 0 Å². The smallest absolute Gasteiger partial charge is 0.302 e. The first-order valence-corrected chi connectivity index (χ1v) is 12.1. The quantitative estimate of drug-likeness (QED) is 0.376. The number of aliphatic hydroxyl groups is 1. The highest BCUT2D eigenvalue weighted by Gasteiger charge is 2.77. The lowest BCUT2D eigenvalue weighted by molar-refractivity contribution is -0.277. The Morgan fingerprint density at radius 1 is 0.912 bits per heavy atom. The molecule has 4 fully saturated rings. The van der Waals surface area contributed by atoms with Gasteiger partial charge in [-0.3, -0.25) is 19.2 Å². The monoisotopic (exact) mass is 476 g/mol. The summed E-state index contributed by atoms with van der Waals surface area (Å²) < 4.78 is 17.6. The van der Waals surface area contributed by atoms with Crippen LogP contribution in [0.1, 0.15) is 67.2 Å². The number of allylic oxidation sites excluding steroid dienone is 1. The van der Waals surface area contributed by atoms with Gasteiger partial charge in [-0.25, -0.2) is 0 Å². The SMILES string of the molecule is C=C1C(=O)C23CC1CC(OC(C)=O)C2C1(C)C(OC(C)=O)CC(O)C(C)(C)C1CC3OC(C)=O. The summed E-state index contributed by atoms with van der Waals surface area (Å²) in [5.41, 5.74) is -2.12. The molecule has 0 radical (unpaired) electrons. The van der Waals surface area contributed by atoms with Crippen LogP contribution in [-0.2, 0) is 33.4 Å². The van der Waals surface area contributed by atoms with Crippen LogP contribution < -0.4 is 0 Å². The van der Waals surface area contributed by atoms with E-state index in [1.165, 1.54) is 20.8 Å². The summed E-state index contributed by atoms with van der Waals surface area (Å²) in [5.74, 6) is -2.64. The summed E-state index contributed by atoms with van der Waals surface area (Å²) >= 11 is 0. The van der Waals surface area contributed by atoms with Crippen LogP contribution in [0, 0.1) is 34.0 Å². The minimum Gasteiger partial charge on any atom is -0.462 e. The molecule has 1 spiro atoms. The van der Waals surface area contributed by atoms with Gasteiger partial charge in [0, 0.05) is 38.5 Å². The second-order valence-electron chi connectivity index (χ2n) is 11.6. The number of aliphatic hydroxyl groups excluding tert-OH is 1. The molecule has 8 heteroatoms. The lowest BCUT2D eigenvalue weighted by atomic mass is 9.38. The topological polar surface area (TPSA) is 116 Å². The minimum absolute atomic E-state index is 0.159. The minimum atomic E-state index is -1.13. The van der Waals surface area contributed by atoms with E-state index in [1.807, 2.05) is 20.8 Å². The number of Topliss-reactive ketones (excluding diaryl/α,β-unsaturated/α-hetero) is 1. The van der Waals surface area contributed by atoms with E-state index in [-0.39, 0.29) is 24.0 Å². The first-order valence-electron chi connectivity index (χ1n) is 12.1. The van der Waals surface area contributed by atoms with Crippen LogP contribution in [0.5, 0.6) is 0 Å². The molecule has 0 aromatic rings. The van der Waals surface area contributed by atoms with Gasteiger partial charge in [0.2, 0.25) is 0 Å². The van der Waals surface area contributed by atoms with Crippen molar-refractivity contribution in [3.63, 3.8) is 0 Å². The molecule has 4 rings (SSSR count). The molecule has 0 amide bonds.